The molecule has 0 spiro atoms. The largest absolute Gasteiger partial charge is 0.497 e. The Morgan fingerprint density at radius 3 is 2.35 bits per heavy atom. The molecule has 0 bridgehead atoms. The van der Waals surface area contributed by atoms with E-state index in [2.05, 4.69) is 47.9 Å². The Kier molecular flexibility index (Phi) is 8.45. The number of aryl methyl sites for hydroxylation is 1. The van der Waals surface area contributed by atoms with Gasteiger partial charge in [0, 0.05) is 37.6 Å². The first-order valence-corrected chi connectivity index (χ1v) is 13.8. The summed E-state index contributed by atoms with van der Waals surface area (Å²) >= 11 is 0. The van der Waals surface area contributed by atoms with Crippen molar-refractivity contribution in [2.24, 2.45) is 5.92 Å². The number of hydrogen-bond acceptors (Lipinski definition) is 7. The fraction of sp³-hybridized carbons (Fsp3) is 0.344. The summed E-state index contributed by atoms with van der Waals surface area (Å²) in [4.78, 5) is 27.0. The molecule has 2 N–H and O–H groups in total. The maximum atomic E-state index is 13.7. The van der Waals surface area contributed by atoms with Gasteiger partial charge in [0.05, 0.1) is 19.2 Å². The number of methoxy groups -OCH3 is 1. The van der Waals surface area contributed by atoms with Gasteiger partial charge in [-0.2, -0.15) is 4.98 Å². The van der Waals surface area contributed by atoms with E-state index in [4.69, 9.17) is 14.7 Å². The molecule has 1 fully saturated rings. The van der Waals surface area contributed by atoms with Crippen LogP contribution in [-0.4, -0.2) is 50.2 Å². The lowest BCUT2D eigenvalue weighted by Gasteiger charge is -2.30. The van der Waals surface area contributed by atoms with E-state index in [-0.39, 0.29) is 11.8 Å². The van der Waals surface area contributed by atoms with E-state index >= 15 is 0 Å². The Labute approximate surface area is 236 Å². The molecule has 3 aromatic carbocycles. The zero-order chi connectivity index (χ0) is 28.1. The van der Waals surface area contributed by atoms with Gasteiger partial charge in [-0.05, 0) is 85.9 Å². The van der Waals surface area contributed by atoms with E-state index in [9.17, 15) is 4.79 Å². The number of nitrogens with one attached hydrogen (secondary N) is 2. The van der Waals surface area contributed by atoms with E-state index < -0.39 is 0 Å². The molecule has 1 aromatic heterocycles. The highest BCUT2D eigenvalue weighted by molar-refractivity contribution is 5.95. The number of benzene rings is 3. The number of amides is 1. The molecule has 1 aliphatic heterocycles. The number of aromatic nitrogens is 2. The van der Waals surface area contributed by atoms with Crippen molar-refractivity contribution in [3.63, 3.8) is 0 Å². The van der Waals surface area contributed by atoms with Crippen LogP contribution >= 0.6 is 0 Å². The third-order valence-corrected chi connectivity index (χ3v) is 7.40. The van der Waals surface area contributed by atoms with Crippen LogP contribution in [0.4, 0.5) is 17.5 Å². The summed E-state index contributed by atoms with van der Waals surface area (Å²) in [5.41, 5.74) is 5.16. The summed E-state index contributed by atoms with van der Waals surface area (Å²) in [5, 5.41) is 7.87. The normalized spacial score (nSPS) is 13.7. The van der Waals surface area contributed by atoms with Crippen LogP contribution in [0.25, 0.3) is 10.9 Å². The molecule has 40 heavy (non-hydrogen) atoms. The summed E-state index contributed by atoms with van der Waals surface area (Å²) in [6, 6.07) is 22.4. The molecular weight excluding hydrogens is 500 g/mol. The average Bonchev–Trinajstić information content (AvgIpc) is 2.99. The number of anilines is 3. The minimum Gasteiger partial charge on any atom is -0.497 e. The van der Waals surface area contributed by atoms with Gasteiger partial charge in [-0.1, -0.05) is 30.3 Å². The van der Waals surface area contributed by atoms with Crippen LogP contribution in [0, 0.1) is 12.8 Å². The van der Waals surface area contributed by atoms with Gasteiger partial charge in [-0.25, -0.2) is 4.98 Å². The van der Waals surface area contributed by atoms with Crippen molar-refractivity contribution in [3.8, 4) is 5.75 Å². The lowest BCUT2D eigenvalue weighted by molar-refractivity contribution is -0.123. The molecule has 8 heteroatoms. The van der Waals surface area contributed by atoms with Crippen LogP contribution in [0.15, 0.2) is 66.7 Å². The minimum atomic E-state index is 0.0291. The predicted octanol–water partition coefficient (Wildman–Crippen LogP) is 5.16. The summed E-state index contributed by atoms with van der Waals surface area (Å²) in [7, 11) is 5.55. The number of nitrogens with zero attached hydrogens (tertiary/aromatic N) is 4. The molecule has 5 rings (SSSR count). The van der Waals surface area contributed by atoms with Crippen LogP contribution in [0.5, 0.6) is 5.75 Å². The summed E-state index contributed by atoms with van der Waals surface area (Å²) < 4.78 is 5.31. The zero-order valence-corrected chi connectivity index (χ0v) is 23.8. The first-order valence-electron chi connectivity index (χ1n) is 13.8. The Bertz CT molecular complexity index is 1450. The Hall–Kier alpha value is -4.17. The molecule has 2 heterocycles. The second-order valence-corrected chi connectivity index (χ2v) is 10.6. The van der Waals surface area contributed by atoms with E-state index in [1.807, 2.05) is 60.3 Å². The third-order valence-electron chi connectivity index (χ3n) is 7.40. The Morgan fingerprint density at radius 2 is 1.68 bits per heavy atom. The predicted molar refractivity (Wildman–Crippen MR) is 162 cm³/mol. The molecule has 208 valence electrons. The summed E-state index contributed by atoms with van der Waals surface area (Å²) in [5.74, 6) is 2.49. The zero-order valence-electron chi connectivity index (χ0n) is 23.8. The second-order valence-electron chi connectivity index (χ2n) is 10.6. The van der Waals surface area contributed by atoms with Crippen molar-refractivity contribution in [1.29, 1.82) is 0 Å². The number of ether oxygens (including phenoxy) is 1. The number of rotatable bonds is 9. The molecule has 0 unspecified atom stereocenters. The van der Waals surface area contributed by atoms with Crippen molar-refractivity contribution >= 4 is 34.3 Å². The van der Waals surface area contributed by atoms with Crippen LogP contribution in [0.3, 0.4) is 0 Å². The number of carbonyl (C=O) groups excluding carboxylic acids is 1. The topological polar surface area (TPSA) is 82.6 Å². The van der Waals surface area contributed by atoms with Gasteiger partial charge < -0.3 is 25.2 Å². The highest BCUT2D eigenvalue weighted by atomic mass is 16.5. The van der Waals surface area contributed by atoms with Crippen molar-refractivity contribution in [3.05, 3.63) is 83.4 Å². The van der Waals surface area contributed by atoms with Crippen molar-refractivity contribution in [2.75, 3.05) is 49.4 Å². The van der Waals surface area contributed by atoms with Crippen LogP contribution in [-0.2, 0) is 17.9 Å². The highest BCUT2D eigenvalue weighted by Gasteiger charge is 2.27. The molecule has 0 aliphatic carbocycles. The summed E-state index contributed by atoms with van der Waals surface area (Å²) in [6.45, 7) is 4.95. The molecule has 1 saturated heterocycles. The number of hydrogen-bond donors (Lipinski definition) is 2. The van der Waals surface area contributed by atoms with Crippen LogP contribution in [0.1, 0.15) is 29.5 Å². The molecule has 8 nitrogen and oxygen atoms in total. The van der Waals surface area contributed by atoms with Gasteiger partial charge in [0.15, 0.2) is 0 Å². The fourth-order valence-corrected chi connectivity index (χ4v) is 5.04. The van der Waals surface area contributed by atoms with Gasteiger partial charge in [0.2, 0.25) is 11.9 Å². The van der Waals surface area contributed by atoms with Crippen molar-refractivity contribution in [2.45, 2.75) is 32.9 Å². The standard InChI is InChI=1S/C32H38N6O2/c1-22-5-14-28-29(19-22)35-32(37(2)3)36-30(28)34-20-23-6-10-26(11-7-23)38(31(39)25-15-17-33-18-16-25)21-24-8-12-27(40-4)13-9-24/h5-14,19,25,33H,15-18,20-21H2,1-4H3,(H,34,35,36). The molecular formula is C32H38N6O2. The van der Waals surface area contributed by atoms with E-state index in [1.165, 1.54) is 0 Å². The third kappa shape index (κ3) is 6.34. The minimum absolute atomic E-state index is 0.0291. The molecule has 4 aromatic rings. The van der Waals surface area contributed by atoms with E-state index in [0.717, 1.165) is 70.8 Å². The van der Waals surface area contributed by atoms with Crippen LogP contribution < -0.4 is 25.2 Å². The van der Waals surface area contributed by atoms with Gasteiger partial charge in [0.25, 0.3) is 0 Å². The Morgan fingerprint density at radius 1 is 0.975 bits per heavy atom. The molecule has 1 amide bonds. The number of fused-ring (bicyclic) bond motifs is 1. The quantitative estimate of drug-likeness (QED) is 0.305. The lowest BCUT2D eigenvalue weighted by atomic mass is 9.96. The van der Waals surface area contributed by atoms with Gasteiger partial charge in [0.1, 0.15) is 11.6 Å². The van der Waals surface area contributed by atoms with Crippen LogP contribution in [0.2, 0.25) is 0 Å². The maximum absolute atomic E-state index is 13.7. The molecule has 0 saturated carbocycles. The first-order chi connectivity index (χ1) is 19.4. The number of carbonyl (C=O) groups is 1. The Balaban J connectivity index is 1.36. The fourth-order valence-electron chi connectivity index (χ4n) is 5.04. The number of piperidine rings is 1. The lowest BCUT2D eigenvalue weighted by Crippen LogP contribution is -2.40. The second kappa shape index (κ2) is 12.3. The monoisotopic (exact) mass is 538 g/mol. The maximum Gasteiger partial charge on any atom is 0.230 e. The van der Waals surface area contributed by atoms with Gasteiger partial charge >= 0.3 is 0 Å². The summed E-state index contributed by atoms with van der Waals surface area (Å²) in [6.07, 6.45) is 1.72. The molecule has 1 aliphatic rings. The highest BCUT2D eigenvalue weighted by Crippen LogP contribution is 2.27. The van der Waals surface area contributed by atoms with E-state index in [0.29, 0.717) is 19.0 Å². The first kappa shape index (κ1) is 27.4. The molecule has 0 atom stereocenters. The smallest absolute Gasteiger partial charge is 0.230 e. The van der Waals surface area contributed by atoms with Crippen molar-refractivity contribution < 1.29 is 9.53 Å². The van der Waals surface area contributed by atoms with Gasteiger partial charge in [-0.3, -0.25) is 4.79 Å². The van der Waals surface area contributed by atoms with E-state index in [1.54, 1.807) is 7.11 Å². The van der Waals surface area contributed by atoms with Gasteiger partial charge in [-0.15, -0.1) is 0 Å². The van der Waals surface area contributed by atoms with Crippen molar-refractivity contribution in [1.82, 2.24) is 15.3 Å². The average molecular weight is 539 g/mol. The SMILES string of the molecule is COc1ccc(CN(C(=O)C2CCNCC2)c2ccc(CNc3nc(N(C)C)nc4cc(C)ccc34)cc2)cc1. The molecule has 0 radical (unpaired) electrons.